The summed E-state index contributed by atoms with van der Waals surface area (Å²) >= 11 is 5.94. The van der Waals surface area contributed by atoms with Gasteiger partial charge in [-0.05, 0) is 31.6 Å². The molecule has 0 saturated heterocycles. The van der Waals surface area contributed by atoms with Crippen molar-refractivity contribution in [3.05, 3.63) is 52.6 Å². The Labute approximate surface area is 122 Å². The first-order valence-electron chi connectivity index (χ1n) is 5.82. The van der Waals surface area contributed by atoms with Crippen molar-refractivity contribution in [1.29, 1.82) is 0 Å². The van der Waals surface area contributed by atoms with Crippen molar-refractivity contribution >= 4 is 33.1 Å². The molecule has 104 valence electrons. The number of hydrogen-bond acceptors (Lipinski definition) is 3. The molecule has 0 N–H and O–H groups in total. The van der Waals surface area contributed by atoms with Crippen molar-refractivity contribution in [2.24, 2.45) is 4.40 Å². The molecule has 1 aliphatic carbocycles. The minimum absolute atomic E-state index is 0.0395. The van der Waals surface area contributed by atoms with Crippen molar-refractivity contribution in [2.75, 3.05) is 0 Å². The minimum Gasteiger partial charge on any atom is -0.290 e. The average molecular weight is 310 g/mol. The summed E-state index contributed by atoms with van der Waals surface area (Å²) in [7, 11) is -3.85. The van der Waals surface area contributed by atoms with Crippen molar-refractivity contribution in [2.45, 2.75) is 18.7 Å². The van der Waals surface area contributed by atoms with Gasteiger partial charge < -0.3 is 0 Å². The summed E-state index contributed by atoms with van der Waals surface area (Å²) in [6.45, 7) is 3.24. The second kappa shape index (κ2) is 5.34. The van der Waals surface area contributed by atoms with E-state index in [9.17, 15) is 13.2 Å². The van der Waals surface area contributed by atoms with Crippen LogP contribution >= 0.6 is 11.6 Å². The van der Waals surface area contributed by atoms with Gasteiger partial charge in [-0.15, -0.1) is 0 Å². The lowest BCUT2D eigenvalue weighted by Crippen LogP contribution is -2.16. The Balaban J connectivity index is 2.56. The maximum absolute atomic E-state index is 12.2. The van der Waals surface area contributed by atoms with E-state index in [4.69, 9.17) is 11.6 Å². The van der Waals surface area contributed by atoms with Crippen molar-refractivity contribution in [1.82, 2.24) is 0 Å². The van der Waals surface area contributed by atoms with Crippen LogP contribution in [0, 0.1) is 0 Å². The van der Waals surface area contributed by atoms with Gasteiger partial charge in [0.2, 0.25) is 0 Å². The SMILES string of the molecule is CC1=C(C)C(=NS(=O)(=O)c2ccccc2)C(Cl)=CC1=O. The van der Waals surface area contributed by atoms with Crippen LogP contribution in [-0.2, 0) is 14.8 Å². The van der Waals surface area contributed by atoms with Gasteiger partial charge in [0.15, 0.2) is 5.78 Å². The number of rotatable bonds is 2. The maximum Gasteiger partial charge on any atom is 0.282 e. The van der Waals surface area contributed by atoms with Crippen LogP contribution in [0.25, 0.3) is 0 Å². The van der Waals surface area contributed by atoms with Crippen LogP contribution < -0.4 is 0 Å². The number of hydrogen-bond donors (Lipinski definition) is 0. The highest BCUT2D eigenvalue weighted by atomic mass is 35.5. The third-order valence-corrected chi connectivity index (χ3v) is 4.60. The van der Waals surface area contributed by atoms with E-state index in [1.807, 2.05) is 0 Å². The van der Waals surface area contributed by atoms with E-state index in [1.165, 1.54) is 18.2 Å². The zero-order chi connectivity index (χ0) is 14.9. The Morgan fingerprint density at radius 1 is 1.05 bits per heavy atom. The van der Waals surface area contributed by atoms with Gasteiger partial charge in [-0.3, -0.25) is 4.79 Å². The second-order valence-electron chi connectivity index (χ2n) is 4.33. The molecule has 0 heterocycles. The molecule has 1 aromatic carbocycles. The first-order valence-corrected chi connectivity index (χ1v) is 7.64. The first-order chi connectivity index (χ1) is 9.33. The summed E-state index contributed by atoms with van der Waals surface area (Å²) in [5, 5.41) is 0.0395. The van der Waals surface area contributed by atoms with E-state index in [0.717, 1.165) is 0 Å². The van der Waals surface area contributed by atoms with Crippen LogP contribution in [0.15, 0.2) is 61.9 Å². The van der Waals surface area contributed by atoms with Crippen LogP contribution in [-0.4, -0.2) is 19.9 Å². The summed E-state index contributed by atoms with van der Waals surface area (Å²) in [4.78, 5) is 11.7. The zero-order valence-corrected chi connectivity index (χ0v) is 12.5. The summed E-state index contributed by atoms with van der Waals surface area (Å²) < 4.78 is 28.2. The maximum atomic E-state index is 12.2. The van der Waals surface area contributed by atoms with Gasteiger partial charge in [0.25, 0.3) is 10.0 Å². The van der Waals surface area contributed by atoms with Gasteiger partial charge in [0, 0.05) is 11.6 Å². The third-order valence-electron chi connectivity index (χ3n) is 3.02. The summed E-state index contributed by atoms with van der Waals surface area (Å²) in [5.74, 6) is -0.233. The fourth-order valence-electron chi connectivity index (χ4n) is 1.71. The monoisotopic (exact) mass is 309 g/mol. The Kier molecular flexibility index (Phi) is 3.92. The average Bonchev–Trinajstić information content (AvgIpc) is 2.42. The van der Waals surface area contributed by atoms with Crippen LogP contribution in [0.5, 0.6) is 0 Å². The quantitative estimate of drug-likeness (QED) is 0.789. The number of ketones is 1. The number of benzene rings is 1. The van der Waals surface area contributed by atoms with Gasteiger partial charge in [0.1, 0.15) is 0 Å². The van der Waals surface area contributed by atoms with Crippen LogP contribution in [0.2, 0.25) is 0 Å². The molecule has 0 aromatic heterocycles. The van der Waals surface area contributed by atoms with E-state index < -0.39 is 10.0 Å². The Morgan fingerprint density at radius 3 is 2.25 bits per heavy atom. The van der Waals surface area contributed by atoms with Crippen LogP contribution in [0.1, 0.15) is 13.8 Å². The molecule has 0 saturated carbocycles. The number of carbonyl (C=O) groups excluding carboxylic acids is 1. The lowest BCUT2D eigenvalue weighted by atomic mass is 9.97. The molecule has 0 spiro atoms. The molecule has 1 aliphatic rings. The van der Waals surface area contributed by atoms with Gasteiger partial charge in [-0.2, -0.15) is 12.8 Å². The number of nitrogens with zero attached hydrogens (tertiary/aromatic N) is 1. The molecular weight excluding hydrogens is 298 g/mol. The van der Waals surface area contributed by atoms with Crippen LogP contribution in [0.3, 0.4) is 0 Å². The number of halogens is 1. The molecule has 0 fully saturated rings. The minimum atomic E-state index is -3.85. The highest BCUT2D eigenvalue weighted by Crippen LogP contribution is 2.24. The number of carbonyl (C=O) groups is 1. The molecule has 0 amide bonds. The first kappa shape index (κ1) is 14.7. The normalized spacial score (nSPS) is 18.4. The molecule has 0 radical (unpaired) electrons. The van der Waals surface area contributed by atoms with Crippen LogP contribution in [0.4, 0.5) is 0 Å². The van der Waals surface area contributed by atoms with Crippen molar-refractivity contribution in [3.63, 3.8) is 0 Å². The fraction of sp³-hybridized carbons (Fsp3) is 0.143. The third kappa shape index (κ3) is 2.73. The fourth-order valence-corrected chi connectivity index (χ4v) is 3.13. The lowest BCUT2D eigenvalue weighted by molar-refractivity contribution is -0.111. The highest BCUT2D eigenvalue weighted by Gasteiger charge is 2.23. The van der Waals surface area contributed by atoms with E-state index in [2.05, 4.69) is 4.40 Å². The predicted molar refractivity (Wildman–Crippen MR) is 78.4 cm³/mol. The lowest BCUT2D eigenvalue weighted by Gasteiger charge is -2.13. The smallest absolute Gasteiger partial charge is 0.282 e. The predicted octanol–water partition coefficient (Wildman–Crippen LogP) is 2.86. The molecular formula is C14H12ClNO3S. The van der Waals surface area contributed by atoms with Gasteiger partial charge in [0.05, 0.1) is 15.6 Å². The van der Waals surface area contributed by atoms with E-state index in [1.54, 1.807) is 32.0 Å². The standard InChI is InChI=1S/C14H12ClNO3S/c1-9-10(2)14(12(15)8-13(9)17)16-20(18,19)11-6-4-3-5-7-11/h3-8H,1-2H3. The summed E-state index contributed by atoms with van der Waals surface area (Å²) in [6, 6.07) is 7.85. The van der Waals surface area contributed by atoms with Gasteiger partial charge in [-0.25, -0.2) is 0 Å². The largest absolute Gasteiger partial charge is 0.290 e. The molecule has 6 heteroatoms. The molecule has 20 heavy (non-hydrogen) atoms. The van der Waals surface area contributed by atoms with Gasteiger partial charge >= 0.3 is 0 Å². The Bertz CT molecular complexity index is 759. The summed E-state index contributed by atoms with van der Waals surface area (Å²) in [6.07, 6.45) is 1.18. The topological polar surface area (TPSA) is 63.6 Å². The van der Waals surface area contributed by atoms with Crippen molar-refractivity contribution in [3.8, 4) is 0 Å². The number of sulfonamides is 1. The highest BCUT2D eigenvalue weighted by molar-refractivity contribution is 7.90. The Morgan fingerprint density at radius 2 is 1.65 bits per heavy atom. The molecule has 0 atom stereocenters. The molecule has 4 nitrogen and oxygen atoms in total. The molecule has 1 aromatic rings. The van der Waals surface area contributed by atoms with Crippen molar-refractivity contribution < 1.29 is 13.2 Å². The molecule has 2 rings (SSSR count). The van der Waals surface area contributed by atoms with E-state index in [-0.39, 0.29) is 21.4 Å². The summed E-state index contributed by atoms with van der Waals surface area (Å²) in [5.41, 5.74) is 1.03. The Hall–Kier alpha value is -1.72. The second-order valence-corrected chi connectivity index (χ2v) is 6.35. The van der Waals surface area contributed by atoms with Gasteiger partial charge in [-0.1, -0.05) is 29.8 Å². The molecule has 0 bridgehead atoms. The molecule has 0 aliphatic heterocycles. The van der Waals surface area contributed by atoms with E-state index >= 15 is 0 Å². The zero-order valence-electron chi connectivity index (χ0n) is 10.9. The molecule has 0 unspecified atom stereocenters. The van der Waals surface area contributed by atoms with E-state index in [0.29, 0.717) is 11.1 Å². The number of allylic oxidation sites excluding steroid dienone is 4.